The van der Waals surface area contributed by atoms with Crippen LogP contribution in [0.4, 0.5) is 0 Å². The van der Waals surface area contributed by atoms with Crippen molar-refractivity contribution in [1.82, 2.24) is 0 Å². The van der Waals surface area contributed by atoms with Crippen LogP contribution in [-0.2, 0) is 23.7 Å². The maximum Gasteiger partial charge on any atom is 0.187 e. The minimum Gasteiger partial charge on any atom is -0.388 e. The van der Waals surface area contributed by atoms with Crippen molar-refractivity contribution in [2.45, 2.75) is 113 Å². The molecule has 8 N–H and O–H groups in total. The molecule has 0 amide bonds. The summed E-state index contributed by atoms with van der Waals surface area (Å²) in [5.74, 6) is 0. The molecular formula is C18H32O13. The van der Waals surface area contributed by atoms with Gasteiger partial charge in [-0.05, 0) is 20.8 Å². The van der Waals surface area contributed by atoms with E-state index in [-0.39, 0.29) is 0 Å². The third-order valence-electron chi connectivity index (χ3n) is 5.97. The molecule has 13 heteroatoms. The zero-order valence-corrected chi connectivity index (χ0v) is 17.3. The maximum absolute atomic E-state index is 10.7. The van der Waals surface area contributed by atoms with Crippen LogP contribution in [0.15, 0.2) is 0 Å². The van der Waals surface area contributed by atoms with E-state index in [0.29, 0.717) is 0 Å². The van der Waals surface area contributed by atoms with Crippen LogP contribution in [0.3, 0.4) is 0 Å². The third kappa shape index (κ3) is 4.89. The lowest BCUT2D eigenvalue weighted by atomic mass is 9.96. The summed E-state index contributed by atoms with van der Waals surface area (Å²) in [6, 6.07) is 0. The van der Waals surface area contributed by atoms with Gasteiger partial charge >= 0.3 is 0 Å². The highest BCUT2D eigenvalue weighted by Gasteiger charge is 2.52. The van der Waals surface area contributed by atoms with Gasteiger partial charge in [0.25, 0.3) is 0 Å². The van der Waals surface area contributed by atoms with E-state index in [1.54, 1.807) is 0 Å². The van der Waals surface area contributed by atoms with Crippen LogP contribution in [0.1, 0.15) is 20.8 Å². The lowest BCUT2D eigenvalue weighted by Gasteiger charge is -2.47. The van der Waals surface area contributed by atoms with Crippen molar-refractivity contribution < 1.29 is 64.5 Å². The highest BCUT2D eigenvalue weighted by molar-refractivity contribution is 4.94. The van der Waals surface area contributed by atoms with Crippen LogP contribution in [-0.4, -0.2) is 133 Å². The smallest absolute Gasteiger partial charge is 0.187 e. The SMILES string of the molecule is CC1OC(OC2C(O)C(C)OC(OC3C(O)C(C)OC(O)C3O)C2O)C(O)C(O)C1O. The summed E-state index contributed by atoms with van der Waals surface area (Å²) in [5, 5.41) is 81.2. The van der Waals surface area contributed by atoms with Crippen LogP contribution in [0.25, 0.3) is 0 Å². The average Bonchev–Trinajstić information content (AvgIpc) is 2.72. The molecule has 15 unspecified atom stereocenters. The van der Waals surface area contributed by atoms with E-state index in [2.05, 4.69) is 0 Å². The van der Waals surface area contributed by atoms with Crippen LogP contribution in [0, 0.1) is 0 Å². The van der Waals surface area contributed by atoms with E-state index in [1.807, 2.05) is 0 Å². The van der Waals surface area contributed by atoms with Crippen LogP contribution < -0.4 is 0 Å². The minimum atomic E-state index is -1.68. The van der Waals surface area contributed by atoms with Gasteiger partial charge in [-0.2, -0.15) is 0 Å². The molecule has 15 atom stereocenters. The Kier molecular flexibility index (Phi) is 7.91. The van der Waals surface area contributed by atoms with E-state index >= 15 is 0 Å². The predicted molar refractivity (Wildman–Crippen MR) is 97.0 cm³/mol. The molecule has 0 aromatic rings. The number of aliphatic hydroxyl groups excluding tert-OH is 8. The van der Waals surface area contributed by atoms with Crippen molar-refractivity contribution in [3.8, 4) is 0 Å². The van der Waals surface area contributed by atoms with Crippen molar-refractivity contribution in [1.29, 1.82) is 0 Å². The monoisotopic (exact) mass is 456 g/mol. The average molecular weight is 456 g/mol. The molecule has 0 radical (unpaired) electrons. The number of ether oxygens (including phenoxy) is 5. The van der Waals surface area contributed by atoms with E-state index in [9.17, 15) is 40.9 Å². The first-order valence-electron chi connectivity index (χ1n) is 10.2. The lowest BCUT2D eigenvalue weighted by Crippen LogP contribution is -2.65. The Balaban J connectivity index is 1.73. The highest BCUT2D eigenvalue weighted by Crippen LogP contribution is 2.32. The first kappa shape index (κ1) is 25.1. The summed E-state index contributed by atoms with van der Waals surface area (Å²) in [7, 11) is 0. The number of aliphatic hydroxyl groups is 8. The van der Waals surface area contributed by atoms with Gasteiger partial charge in [0, 0.05) is 0 Å². The minimum absolute atomic E-state index is 0.889. The fraction of sp³-hybridized carbons (Fsp3) is 1.00. The largest absolute Gasteiger partial charge is 0.388 e. The quantitative estimate of drug-likeness (QED) is 0.201. The lowest BCUT2D eigenvalue weighted by molar-refractivity contribution is -0.373. The van der Waals surface area contributed by atoms with Crippen LogP contribution in [0.5, 0.6) is 0 Å². The Hall–Kier alpha value is -0.520. The topological polar surface area (TPSA) is 208 Å². The van der Waals surface area contributed by atoms with E-state index < -0.39 is 92.1 Å². The van der Waals surface area contributed by atoms with E-state index in [1.165, 1.54) is 20.8 Å². The zero-order valence-electron chi connectivity index (χ0n) is 17.3. The van der Waals surface area contributed by atoms with Crippen molar-refractivity contribution in [2.75, 3.05) is 0 Å². The Bertz CT molecular complexity index is 581. The van der Waals surface area contributed by atoms with Crippen LogP contribution in [0.2, 0.25) is 0 Å². The first-order valence-corrected chi connectivity index (χ1v) is 10.2. The second kappa shape index (κ2) is 9.77. The van der Waals surface area contributed by atoms with Crippen molar-refractivity contribution in [3.05, 3.63) is 0 Å². The molecule has 3 saturated heterocycles. The molecule has 0 saturated carbocycles. The second-order valence-electron chi connectivity index (χ2n) is 8.29. The Morgan fingerprint density at radius 2 is 0.871 bits per heavy atom. The molecular weight excluding hydrogens is 424 g/mol. The Morgan fingerprint density at radius 1 is 0.452 bits per heavy atom. The molecule has 3 rings (SSSR count). The van der Waals surface area contributed by atoms with Gasteiger partial charge in [-0.15, -0.1) is 0 Å². The molecule has 3 heterocycles. The molecule has 0 spiro atoms. The first-order chi connectivity index (χ1) is 14.4. The molecule has 0 bridgehead atoms. The standard InChI is InChI=1S/C18H32O13/c1-4-7(19)10(22)11(23)17(28-4)31-15-9(21)6(3)29-18(13(15)25)30-14-8(20)5(2)27-16(26)12(14)24/h4-26H,1-3H3. The Labute approximate surface area is 178 Å². The maximum atomic E-state index is 10.7. The third-order valence-corrected chi connectivity index (χ3v) is 5.97. The van der Waals surface area contributed by atoms with E-state index in [0.717, 1.165) is 0 Å². The summed E-state index contributed by atoms with van der Waals surface area (Å²) >= 11 is 0. The molecule has 3 aliphatic heterocycles. The predicted octanol–water partition coefficient (Wildman–Crippen LogP) is -4.49. The van der Waals surface area contributed by atoms with Gasteiger partial charge in [0.05, 0.1) is 18.3 Å². The van der Waals surface area contributed by atoms with Gasteiger partial charge in [0.15, 0.2) is 18.9 Å². The zero-order chi connectivity index (χ0) is 23.2. The van der Waals surface area contributed by atoms with Crippen molar-refractivity contribution >= 4 is 0 Å². The molecule has 3 aliphatic rings. The normalized spacial score (nSPS) is 56.4. The van der Waals surface area contributed by atoms with Gasteiger partial charge in [0.1, 0.15) is 54.9 Å². The van der Waals surface area contributed by atoms with Gasteiger partial charge in [-0.3, -0.25) is 0 Å². The molecule has 0 aromatic heterocycles. The van der Waals surface area contributed by atoms with Crippen LogP contribution >= 0.6 is 0 Å². The molecule has 182 valence electrons. The van der Waals surface area contributed by atoms with Crippen molar-refractivity contribution in [3.63, 3.8) is 0 Å². The number of hydrogen-bond acceptors (Lipinski definition) is 13. The fourth-order valence-corrected chi connectivity index (χ4v) is 3.88. The molecule has 0 aliphatic carbocycles. The molecule has 0 aromatic carbocycles. The van der Waals surface area contributed by atoms with Gasteiger partial charge in [0.2, 0.25) is 0 Å². The number of rotatable bonds is 4. The second-order valence-corrected chi connectivity index (χ2v) is 8.29. The number of hydrogen-bond donors (Lipinski definition) is 8. The van der Waals surface area contributed by atoms with E-state index in [4.69, 9.17) is 23.7 Å². The summed E-state index contributed by atoms with van der Waals surface area (Å²) in [6.07, 6.45) is -20.9. The summed E-state index contributed by atoms with van der Waals surface area (Å²) in [6.45, 7) is 4.36. The summed E-state index contributed by atoms with van der Waals surface area (Å²) in [5.41, 5.74) is 0. The molecule has 13 nitrogen and oxygen atoms in total. The van der Waals surface area contributed by atoms with Gasteiger partial charge in [-0.1, -0.05) is 0 Å². The molecule has 31 heavy (non-hydrogen) atoms. The summed E-state index contributed by atoms with van der Waals surface area (Å²) < 4.78 is 26.9. The van der Waals surface area contributed by atoms with Gasteiger partial charge < -0.3 is 64.5 Å². The Morgan fingerprint density at radius 3 is 1.42 bits per heavy atom. The highest BCUT2D eigenvalue weighted by atomic mass is 16.7. The van der Waals surface area contributed by atoms with Crippen molar-refractivity contribution in [2.24, 2.45) is 0 Å². The fourth-order valence-electron chi connectivity index (χ4n) is 3.88. The summed E-state index contributed by atoms with van der Waals surface area (Å²) in [4.78, 5) is 0. The molecule has 3 fully saturated rings. The van der Waals surface area contributed by atoms with Gasteiger partial charge in [-0.25, -0.2) is 0 Å².